The van der Waals surface area contributed by atoms with E-state index in [-0.39, 0.29) is 31.1 Å². The molecule has 6 nitrogen and oxygen atoms in total. The van der Waals surface area contributed by atoms with Crippen molar-refractivity contribution in [2.75, 3.05) is 6.54 Å². The lowest BCUT2D eigenvalue weighted by Crippen LogP contribution is -2.55. The van der Waals surface area contributed by atoms with Crippen LogP contribution in [0.5, 0.6) is 0 Å². The number of piperidine rings is 1. The van der Waals surface area contributed by atoms with Gasteiger partial charge in [-0.05, 0) is 33.1 Å². The quantitative estimate of drug-likeness (QED) is 0.741. The molecular weight excluding hydrogens is 248 g/mol. The number of likely N-dealkylation sites (tertiary alicyclic amines) is 2. The van der Waals surface area contributed by atoms with Crippen LogP contribution in [0.1, 0.15) is 39.5 Å². The minimum absolute atomic E-state index is 0.117. The third-order valence-electron chi connectivity index (χ3n) is 4.22. The summed E-state index contributed by atoms with van der Waals surface area (Å²) in [4.78, 5) is 26.8. The lowest BCUT2D eigenvalue weighted by Gasteiger charge is -2.41. The first-order valence-corrected chi connectivity index (χ1v) is 6.91. The van der Waals surface area contributed by atoms with Gasteiger partial charge in [-0.15, -0.1) is 0 Å². The first-order valence-electron chi connectivity index (χ1n) is 6.91. The molecule has 0 aromatic heterocycles. The number of aliphatic hydroxyl groups is 1. The maximum absolute atomic E-state index is 12.6. The zero-order valence-electron chi connectivity index (χ0n) is 11.5. The fraction of sp³-hybridized carbons (Fsp3) is 0.846. The van der Waals surface area contributed by atoms with Crippen molar-refractivity contribution >= 4 is 12.0 Å². The van der Waals surface area contributed by atoms with Gasteiger partial charge >= 0.3 is 12.0 Å². The highest BCUT2D eigenvalue weighted by molar-refractivity contribution is 5.84. The lowest BCUT2D eigenvalue weighted by atomic mass is 9.98. The molecule has 2 aliphatic rings. The molecule has 2 heterocycles. The molecule has 2 N–H and O–H groups in total. The van der Waals surface area contributed by atoms with Crippen molar-refractivity contribution in [3.8, 4) is 0 Å². The fourth-order valence-electron chi connectivity index (χ4n) is 3.21. The molecule has 0 aliphatic carbocycles. The fourth-order valence-corrected chi connectivity index (χ4v) is 3.21. The van der Waals surface area contributed by atoms with Gasteiger partial charge in [-0.1, -0.05) is 0 Å². The Bertz CT molecular complexity index is 364. The number of rotatable bonds is 1. The largest absolute Gasteiger partial charge is 0.480 e. The highest BCUT2D eigenvalue weighted by atomic mass is 16.4. The first kappa shape index (κ1) is 14.1. The Labute approximate surface area is 113 Å². The number of aliphatic carboxylic acids is 1. The van der Waals surface area contributed by atoms with Crippen LogP contribution in [0.2, 0.25) is 0 Å². The summed E-state index contributed by atoms with van der Waals surface area (Å²) in [6.45, 7) is 4.11. The van der Waals surface area contributed by atoms with Gasteiger partial charge < -0.3 is 20.0 Å². The van der Waals surface area contributed by atoms with Gasteiger partial charge in [-0.2, -0.15) is 0 Å². The van der Waals surface area contributed by atoms with Crippen LogP contribution in [0.4, 0.5) is 4.79 Å². The van der Waals surface area contributed by atoms with E-state index in [1.807, 2.05) is 13.8 Å². The minimum Gasteiger partial charge on any atom is -0.480 e. The van der Waals surface area contributed by atoms with Gasteiger partial charge in [-0.25, -0.2) is 9.59 Å². The average molecular weight is 270 g/mol. The second-order valence-corrected chi connectivity index (χ2v) is 5.71. The van der Waals surface area contributed by atoms with E-state index < -0.39 is 18.1 Å². The van der Waals surface area contributed by atoms with Crippen LogP contribution in [0.15, 0.2) is 0 Å². The number of carboxylic acids is 1. The Morgan fingerprint density at radius 1 is 1.16 bits per heavy atom. The van der Waals surface area contributed by atoms with Crippen molar-refractivity contribution in [1.29, 1.82) is 0 Å². The molecule has 2 rings (SSSR count). The van der Waals surface area contributed by atoms with Crippen molar-refractivity contribution in [3.63, 3.8) is 0 Å². The molecule has 6 heteroatoms. The second kappa shape index (κ2) is 5.36. The highest BCUT2D eigenvalue weighted by Gasteiger charge is 2.42. The Morgan fingerprint density at radius 3 is 2.26 bits per heavy atom. The SMILES string of the molecule is C[C@@H]1CCC[C@H](C)N1C(=O)N1C[C@H](O)C[C@@H]1C(=O)O. The Balaban J connectivity index is 2.15. The van der Waals surface area contributed by atoms with E-state index in [0.29, 0.717) is 0 Å². The molecule has 108 valence electrons. The zero-order chi connectivity index (χ0) is 14.2. The van der Waals surface area contributed by atoms with Gasteiger partial charge in [0.15, 0.2) is 0 Å². The molecule has 0 bridgehead atoms. The number of carbonyl (C=O) groups excluding carboxylic acids is 1. The summed E-state index contributed by atoms with van der Waals surface area (Å²) in [5, 5.41) is 18.8. The Morgan fingerprint density at radius 2 is 1.74 bits per heavy atom. The first-order chi connectivity index (χ1) is 8.91. The van der Waals surface area contributed by atoms with Gasteiger partial charge in [0.25, 0.3) is 0 Å². The van der Waals surface area contributed by atoms with Crippen molar-refractivity contribution in [3.05, 3.63) is 0 Å². The van der Waals surface area contributed by atoms with Crippen molar-refractivity contribution in [2.24, 2.45) is 0 Å². The lowest BCUT2D eigenvalue weighted by molar-refractivity contribution is -0.141. The summed E-state index contributed by atoms with van der Waals surface area (Å²) in [5.41, 5.74) is 0. The summed E-state index contributed by atoms with van der Waals surface area (Å²) in [5.74, 6) is -1.04. The summed E-state index contributed by atoms with van der Waals surface area (Å²) >= 11 is 0. The monoisotopic (exact) mass is 270 g/mol. The number of amides is 2. The number of hydrogen-bond acceptors (Lipinski definition) is 3. The van der Waals surface area contributed by atoms with Gasteiger partial charge in [0.2, 0.25) is 0 Å². The van der Waals surface area contributed by atoms with Gasteiger partial charge in [-0.3, -0.25) is 0 Å². The summed E-state index contributed by atoms with van der Waals surface area (Å²) < 4.78 is 0. The van der Waals surface area contributed by atoms with E-state index in [2.05, 4.69) is 0 Å². The second-order valence-electron chi connectivity index (χ2n) is 5.71. The average Bonchev–Trinajstić information content (AvgIpc) is 2.71. The number of aliphatic hydroxyl groups excluding tert-OH is 1. The highest BCUT2D eigenvalue weighted by Crippen LogP contribution is 2.27. The molecule has 0 saturated carbocycles. The van der Waals surface area contributed by atoms with E-state index in [1.54, 1.807) is 4.90 Å². The molecule has 19 heavy (non-hydrogen) atoms. The summed E-state index contributed by atoms with van der Waals surface area (Å²) in [6.07, 6.45) is 2.38. The van der Waals surface area contributed by atoms with Crippen LogP contribution in [-0.4, -0.2) is 62.8 Å². The molecule has 2 fully saturated rings. The van der Waals surface area contributed by atoms with E-state index in [0.717, 1.165) is 19.3 Å². The van der Waals surface area contributed by atoms with E-state index in [1.165, 1.54) is 4.90 Å². The normalized spacial score (nSPS) is 35.5. The van der Waals surface area contributed by atoms with Crippen molar-refractivity contribution in [1.82, 2.24) is 9.80 Å². The van der Waals surface area contributed by atoms with Gasteiger partial charge in [0, 0.05) is 25.0 Å². The van der Waals surface area contributed by atoms with Gasteiger partial charge in [0.1, 0.15) is 6.04 Å². The van der Waals surface area contributed by atoms with Crippen LogP contribution < -0.4 is 0 Å². The molecule has 0 aromatic carbocycles. The third kappa shape index (κ3) is 2.68. The zero-order valence-corrected chi connectivity index (χ0v) is 11.5. The smallest absolute Gasteiger partial charge is 0.326 e. The maximum Gasteiger partial charge on any atom is 0.326 e. The molecule has 2 saturated heterocycles. The number of urea groups is 1. The molecule has 2 aliphatic heterocycles. The molecule has 0 radical (unpaired) electrons. The van der Waals surface area contributed by atoms with Gasteiger partial charge in [0.05, 0.1) is 6.10 Å². The topological polar surface area (TPSA) is 81.1 Å². The standard InChI is InChI=1S/C13H22N2O4/c1-8-4-3-5-9(2)15(8)13(19)14-7-10(16)6-11(14)12(17)18/h8-11,16H,3-7H2,1-2H3,(H,17,18)/t8-,9+,10-,11-/m1/s1. The number of carbonyl (C=O) groups is 2. The molecule has 0 aromatic rings. The van der Waals surface area contributed by atoms with Crippen LogP contribution in [0.25, 0.3) is 0 Å². The molecule has 0 spiro atoms. The Kier molecular flexibility index (Phi) is 3.99. The molecule has 2 amide bonds. The predicted molar refractivity (Wildman–Crippen MR) is 68.8 cm³/mol. The minimum atomic E-state index is -1.04. The third-order valence-corrected chi connectivity index (χ3v) is 4.22. The number of β-amino-alcohol motifs (C(OH)–C–C–N with tert-alkyl or cyclic N) is 1. The van der Waals surface area contributed by atoms with Crippen molar-refractivity contribution in [2.45, 2.75) is 63.8 Å². The summed E-state index contributed by atoms with van der Waals surface area (Å²) in [6, 6.07) is -0.889. The predicted octanol–water partition coefficient (Wildman–Crippen LogP) is 0.889. The van der Waals surface area contributed by atoms with Crippen LogP contribution >= 0.6 is 0 Å². The van der Waals surface area contributed by atoms with E-state index >= 15 is 0 Å². The molecule has 4 atom stereocenters. The molecule has 0 unspecified atom stereocenters. The Hall–Kier alpha value is -1.30. The van der Waals surface area contributed by atoms with Crippen LogP contribution in [0, 0.1) is 0 Å². The number of hydrogen-bond donors (Lipinski definition) is 2. The van der Waals surface area contributed by atoms with Crippen molar-refractivity contribution < 1.29 is 19.8 Å². The van der Waals surface area contributed by atoms with E-state index in [9.17, 15) is 14.7 Å². The number of carboxylic acid groups (broad SMARTS) is 1. The maximum atomic E-state index is 12.6. The number of nitrogens with zero attached hydrogens (tertiary/aromatic N) is 2. The van der Waals surface area contributed by atoms with E-state index in [4.69, 9.17) is 5.11 Å². The van der Waals surface area contributed by atoms with Crippen LogP contribution in [-0.2, 0) is 4.79 Å². The summed E-state index contributed by atoms with van der Waals surface area (Å²) in [7, 11) is 0. The van der Waals surface area contributed by atoms with Crippen LogP contribution in [0.3, 0.4) is 0 Å². The molecular formula is C13H22N2O4.